The highest BCUT2D eigenvalue weighted by Crippen LogP contribution is 2.34. The molecule has 0 aliphatic carbocycles. The number of carbonyl (C=O) groups is 6. The van der Waals surface area contributed by atoms with Crippen molar-refractivity contribution in [3.05, 3.63) is 113 Å². The van der Waals surface area contributed by atoms with E-state index >= 15 is 0 Å². The number of hydrogen-bond acceptors (Lipinski definition) is 14. The van der Waals surface area contributed by atoms with E-state index in [1.54, 1.807) is 61.8 Å². The Morgan fingerprint density at radius 1 is 0.893 bits per heavy atom. The van der Waals surface area contributed by atoms with Gasteiger partial charge in [-0.25, -0.2) is 5.48 Å². The van der Waals surface area contributed by atoms with Gasteiger partial charge in [-0.05, 0) is 48.1 Å². The van der Waals surface area contributed by atoms with Crippen LogP contribution in [-0.2, 0) is 21.0 Å². The van der Waals surface area contributed by atoms with E-state index in [1.807, 2.05) is 18.2 Å². The number of piperidine rings is 1. The van der Waals surface area contributed by atoms with Gasteiger partial charge >= 0.3 is 0 Å². The number of nitrogens with one attached hydrogen (secondary N) is 4. The van der Waals surface area contributed by atoms with Crippen LogP contribution >= 0.6 is 11.3 Å². The first-order chi connectivity index (χ1) is 27.2. The van der Waals surface area contributed by atoms with Crippen molar-refractivity contribution >= 4 is 57.6 Å². The van der Waals surface area contributed by atoms with E-state index in [1.165, 1.54) is 12.3 Å². The summed E-state index contributed by atoms with van der Waals surface area (Å²) in [6.45, 7) is 0.0736. The van der Waals surface area contributed by atoms with Gasteiger partial charge in [0.25, 0.3) is 28.8 Å². The number of pyridine rings is 1. The van der Waals surface area contributed by atoms with Gasteiger partial charge in [0.2, 0.25) is 16.9 Å². The highest BCUT2D eigenvalue weighted by molar-refractivity contribution is 7.17. The number of para-hydroxylation sites is 1. The summed E-state index contributed by atoms with van der Waals surface area (Å²) in [6, 6.07) is 19.2. The van der Waals surface area contributed by atoms with Gasteiger partial charge in [0.1, 0.15) is 18.4 Å². The standard InChI is InChI=1S/C38H32N8O9S/c1-53-29-12-5-4-9-23(29)26-19-39-16-15-24(26)32(48)42-37-43-44-38(56-37)54-20-21-7-2-3-8-22(21)33(49)45-55-18-17-40-27-11-6-10-25-31(27)36(52)46(35(25)51)28-13-14-30(47)41-34(28)50/h2-12,15-16,19,28,40H,13-14,17-18,20H2,1H3,(H,45,49)(H,41,47,50)(H,42,43,48). The SMILES string of the molecule is COc1ccccc1-c1cnccc1C(=O)Nc1nnc(OCc2ccccc2C(=O)NOCCNc2cccc3c2C(=O)N(C2CCC(=O)NC2=O)C3=O)s1. The van der Waals surface area contributed by atoms with Crippen molar-refractivity contribution in [1.82, 2.24) is 30.9 Å². The van der Waals surface area contributed by atoms with Crippen LogP contribution in [0.15, 0.2) is 85.2 Å². The molecule has 17 nitrogen and oxygen atoms in total. The molecule has 3 aromatic carbocycles. The number of imide groups is 2. The number of amides is 6. The minimum absolute atomic E-state index is 0.0164. The van der Waals surface area contributed by atoms with Gasteiger partial charge in [-0.2, -0.15) is 0 Å². The Morgan fingerprint density at radius 2 is 1.70 bits per heavy atom. The summed E-state index contributed by atoms with van der Waals surface area (Å²) in [5, 5.41) is 16.4. The van der Waals surface area contributed by atoms with Crippen LogP contribution < -0.4 is 30.9 Å². The van der Waals surface area contributed by atoms with Crippen molar-refractivity contribution in [2.75, 3.05) is 30.9 Å². The molecule has 1 saturated heterocycles. The van der Waals surface area contributed by atoms with Gasteiger partial charge in [0, 0.05) is 53.3 Å². The lowest BCUT2D eigenvalue weighted by molar-refractivity contribution is -0.136. The third-order valence-corrected chi connectivity index (χ3v) is 9.61. The number of nitrogens with zero attached hydrogens (tertiary/aromatic N) is 4. The summed E-state index contributed by atoms with van der Waals surface area (Å²) in [5.41, 5.74) is 5.42. The molecule has 0 saturated carbocycles. The van der Waals surface area contributed by atoms with Gasteiger partial charge in [-0.3, -0.25) is 54.1 Å². The molecule has 4 heterocycles. The van der Waals surface area contributed by atoms with Gasteiger partial charge in [-0.15, -0.1) is 5.10 Å². The summed E-state index contributed by atoms with van der Waals surface area (Å²) >= 11 is 1.01. The van der Waals surface area contributed by atoms with E-state index in [0.717, 1.165) is 16.2 Å². The second-order valence-electron chi connectivity index (χ2n) is 12.3. The normalized spacial score (nSPS) is 14.9. The molecule has 18 heteroatoms. The number of aromatic nitrogens is 3. The smallest absolute Gasteiger partial charge is 0.296 e. The average Bonchev–Trinajstić information content (AvgIpc) is 3.77. The Labute approximate surface area is 322 Å². The molecule has 6 amide bonds. The van der Waals surface area contributed by atoms with E-state index < -0.39 is 41.5 Å². The fraction of sp³-hybridized carbons (Fsp3) is 0.184. The van der Waals surface area contributed by atoms with Crippen molar-refractivity contribution in [1.29, 1.82) is 0 Å². The molecule has 2 aromatic heterocycles. The van der Waals surface area contributed by atoms with Crippen LogP contribution in [-0.4, -0.2) is 81.8 Å². The van der Waals surface area contributed by atoms with E-state index in [9.17, 15) is 28.8 Å². The number of fused-ring (bicyclic) bond motifs is 1. The van der Waals surface area contributed by atoms with Crippen molar-refractivity contribution in [2.45, 2.75) is 25.5 Å². The maximum Gasteiger partial charge on any atom is 0.296 e. The van der Waals surface area contributed by atoms with E-state index in [2.05, 4.69) is 36.6 Å². The van der Waals surface area contributed by atoms with Gasteiger partial charge in [0.15, 0.2) is 0 Å². The molecule has 5 aromatic rings. The maximum absolute atomic E-state index is 13.3. The zero-order valence-electron chi connectivity index (χ0n) is 29.6. The molecule has 1 fully saturated rings. The average molecular weight is 777 g/mol. The molecule has 2 aliphatic rings. The number of benzene rings is 3. The van der Waals surface area contributed by atoms with E-state index in [0.29, 0.717) is 33.7 Å². The highest BCUT2D eigenvalue weighted by Gasteiger charge is 2.45. The largest absolute Gasteiger partial charge is 0.496 e. The van der Waals surface area contributed by atoms with Crippen LogP contribution in [0.4, 0.5) is 10.8 Å². The van der Waals surface area contributed by atoms with Crippen molar-refractivity contribution in [3.63, 3.8) is 0 Å². The van der Waals surface area contributed by atoms with Crippen LogP contribution in [0.3, 0.4) is 0 Å². The number of anilines is 2. The first kappa shape index (κ1) is 37.3. The van der Waals surface area contributed by atoms with Gasteiger partial charge in [-0.1, -0.05) is 47.6 Å². The predicted octanol–water partition coefficient (Wildman–Crippen LogP) is 3.61. The number of hydroxylamine groups is 1. The highest BCUT2D eigenvalue weighted by atomic mass is 32.1. The topological polar surface area (TPSA) is 220 Å². The summed E-state index contributed by atoms with van der Waals surface area (Å²) < 4.78 is 11.3. The van der Waals surface area contributed by atoms with Crippen LogP contribution in [0.2, 0.25) is 0 Å². The molecule has 0 radical (unpaired) electrons. The van der Waals surface area contributed by atoms with Crippen LogP contribution in [0.1, 0.15) is 59.8 Å². The first-order valence-electron chi connectivity index (χ1n) is 17.2. The second kappa shape index (κ2) is 16.5. The molecule has 56 heavy (non-hydrogen) atoms. The van der Waals surface area contributed by atoms with E-state index in [4.69, 9.17) is 14.3 Å². The third-order valence-electron chi connectivity index (χ3n) is 8.86. The summed E-state index contributed by atoms with van der Waals surface area (Å²) in [5.74, 6) is -2.80. The molecule has 2 aliphatic heterocycles. The second-order valence-corrected chi connectivity index (χ2v) is 13.2. The van der Waals surface area contributed by atoms with Gasteiger partial charge in [0.05, 0.1) is 30.4 Å². The van der Waals surface area contributed by atoms with Crippen LogP contribution in [0, 0.1) is 0 Å². The molecule has 4 N–H and O–H groups in total. The lowest BCUT2D eigenvalue weighted by Gasteiger charge is -2.27. The van der Waals surface area contributed by atoms with Crippen LogP contribution in [0.25, 0.3) is 11.1 Å². The fourth-order valence-corrected chi connectivity index (χ4v) is 6.83. The van der Waals surface area contributed by atoms with Crippen LogP contribution in [0.5, 0.6) is 10.9 Å². The maximum atomic E-state index is 13.3. The Balaban J connectivity index is 0.907. The molecule has 1 atom stereocenters. The number of carbonyl (C=O) groups excluding carboxylic acids is 6. The summed E-state index contributed by atoms with van der Waals surface area (Å²) in [4.78, 5) is 87.2. The first-order valence-corrected chi connectivity index (χ1v) is 18.0. The fourth-order valence-electron chi connectivity index (χ4n) is 6.24. The minimum Gasteiger partial charge on any atom is -0.496 e. The quantitative estimate of drug-likeness (QED) is 0.0721. The Hall–Kier alpha value is -7.05. The molecule has 0 spiro atoms. The number of rotatable bonds is 14. The van der Waals surface area contributed by atoms with Gasteiger partial charge < -0.3 is 14.8 Å². The monoisotopic (exact) mass is 776 g/mol. The number of hydrogen-bond donors (Lipinski definition) is 4. The number of ether oxygens (including phenoxy) is 2. The molecule has 7 rings (SSSR count). The molecule has 284 valence electrons. The summed E-state index contributed by atoms with van der Waals surface area (Å²) in [6.07, 6.45) is 3.16. The zero-order valence-corrected chi connectivity index (χ0v) is 30.4. The van der Waals surface area contributed by atoms with Crippen molar-refractivity contribution in [3.8, 4) is 22.1 Å². The predicted molar refractivity (Wildman–Crippen MR) is 200 cm³/mol. The molecule has 0 bridgehead atoms. The van der Waals surface area contributed by atoms with Crippen molar-refractivity contribution < 1.29 is 43.1 Å². The summed E-state index contributed by atoms with van der Waals surface area (Å²) in [7, 11) is 1.55. The number of methoxy groups -OCH3 is 1. The lowest BCUT2D eigenvalue weighted by Crippen LogP contribution is -2.54. The Kier molecular flexibility index (Phi) is 11.0. The van der Waals surface area contributed by atoms with E-state index in [-0.39, 0.29) is 59.6 Å². The third kappa shape index (κ3) is 7.77. The molecule has 1 unspecified atom stereocenters. The lowest BCUT2D eigenvalue weighted by atomic mass is 10.0. The molecular weight excluding hydrogens is 745 g/mol. The molecular formula is C38H32N8O9S. The van der Waals surface area contributed by atoms with Crippen molar-refractivity contribution in [2.24, 2.45) is 0 Å². The Morgan fingerprint density at radius 3 is 2.54 bits per heavy atom. The minimum atomic E-state index is -1.08. The zero-order chi connectivity index (χ0) is 39.2. The Bertz CT molecular complexity index is 2370.